The van der Waals surface area contributed by atoms with Crippen molar-refractivity contribution < 1.29 is 27.9 Å². The standard InChI is InChI=1S/C38H34BrN5O6S6/c1-2-3-17-55(48)38-30(41)27-25(20-9-11-21(39)12-10-20)28(31(44-33(27)54-38)34-42-13-16-52-34)36(47)50-14-5-4-6-18-56(49)37-29(40)26-22(35(45)46)19-23(43-32(26)53-37)24-8-7-15-51-24/h7-13,15-16,19H,2-6,14,17-18,40-41H2,1H3,(H,45,46). The second kappa shape index (κ2) is 17.7. The average molecular weight is 929 g/mol. The number of unbranched alkanes of at least 4 members (excludes halogenated alkanes) is 3. The van der Waals surface area contributed by atoms with Crippen LogP contribution in [0.25, 0.3) is 52.8 Å². The number of nitrogens with zero attached hydrogens (tertiary/aromatic N) is 3. The number of fused-ring (bicyclic) bond motifs is 2. The lowest BCUT2D eigenvalue weighted by atomic mass is 9.95. The first kappa shape index (κ1) is 40.3. The minimum Gasteiger partial charge on any atom is -0.478 e. The van der Waals surface area contributed by atoms with Gasteiger partial charge < -0.3 is 21.3 Å². The molecule has 290 valence electrons. The molecule has 0 aliphatic carbocycles. The van der Waals surface area contributed by atoms with Gasteiger partial charge in [0.1, 0.15) is 28.8 Å². The Balaban J connectivity index is 1.10. The molecule has 6 heterocycles. The van der Waals surface area contributed by atoms with Crippen molar-refractivity contribution in [3.63, 3.8) is 0 Å². The summed E-state index contributed by atoms with van der Waals surface area (Å²) >= 11 is 8.73. The van der Waals surface area contributed by atoms with E-state index in [0.29, 0.717) is 81.5 Å². The van der Waals surface area contributed by atoms with Crippen molar-refractivity contribution in [3.8, 4) is 32.4 Å². The molecule has 56 heavy (non-hydrogen) atoms. The number of carbonyl (C=O) groups is 2. The Kier molecular flexibility index (Phi) is 12.7. The Hall–Kier alpha value is -3.91. The summed E-state index contributed by atoms with van der Waals surface area (Å²) in [6.07, 6.45) is 4.97. The van der Waals surface area contributed by atoms with E-state index in [1.54, 1.807) is 6.20 Å². The molecule has 2 atom stereocenters. The van der Waals surface area contributed by atoms with E-state index in [1.807, 2.05) is 54.1 Å². The van der Waals surface area contributed by atoms with Crippen molar-refractivity contribution in [3.05, 3.63) is 75.0 Å². The molecule has 0 saturated carbocycles. The predicted molar refractivity (Wildman–Crippen MR) is 234 cm³/mol. The Morgan fingerprint density at radius 2 is 1.57 bits per heavy atom. The third-order valence-electron chi connectivity index (χ3n) is 8.79. The fourth-order valence-electron chi connectivity index (χ4n) is 6.10. The molecule has 0 amide bonds. The van der Waals surface area contributed by atoms with Crippen LogP contribution in [0.15, 0.2) is 72.3 Å². The molecule has 7 aromatic rings. The molecule has 0 aliphatic rings. The Morgan fingerprint density at radius 1 is 0.875 bits per heavy atom. The summed E-state index contributed by atoms with van der Waals surface area (Å²) in [5.74, 6) is -0.966. The van der Waals surface area contributed by atoms with Gasteiger partial charge in [-0.2, -0.15) is 0 Å². The van der Waals surface area contributed by atoms with Crippen LogP contribution < -0.4 is 11.5 Å². The van der Waals surface area contributed by atoms with Crippen molar-refractivity contribution in [2.75, 3.05) is 29.6 Å². The van der Waals surface area contributed by atoms with Crippen LogP contribution in [0.5, 0.6) is 0 Å². The lowest BCUT2D eigenvalue weighted by molar-refractivity contribution is 0.0499. The van der Waals surface area contributed by atoms with Gasteiger partial charge >= 0.3 is 11.9 Å². The number of halogens is 1. The number of aromatic carboxylic acids is 1. The monoisotopic (exact) mass is 927 g/mol. The molecule has 5 N–H and O–H groups in total. The van der Waals surface area contributed by atoms with Gasteiger partial charge in [0.15, 0.2) is 0 Å². The molecule has 2 unspecified atom stereocenters. The van der Waals surface area contributed by atoms with Gasteiger partial charge in [0, 0.05) is 38.5 Å². The number of thiazole rings is 1. The maximum absolute atomic E-state index is 14.2. The van der Waals surface area contributed by atoms with Gasteiger partial charge in [-0.3, -0.25) is 8.42 Å². The number of esters is 1. The van der Waals surface area contributed by atoms with Gasteiger partial charge in [0.25, 0.3) is 0 Å². The summed E-state index contributed by atoms with van der Waals surface area (Å²) < 4.78 is 34.5. The third-order valence-corrected chi connectivity index (χ3v) is 17.0. The predicted octanol–water partition coefficient (Wildman–Crippen LogP) is 10.1. The van der Waals surface area contributed by atoms with Gasteiger partial charge in [-0.25, -0.2) is 24.5 Å². The van der Waals surface area contributed by atoms with Crippen molar-refractivity contribution in [2.45, 2.75) is 47.4 Å². The van der Waals surface area contributed by atoms with Crippen LogP contribution in [0.4, 0.5) is 11.4 Å². The van der Waals surface area contributed by atoms with Crippen molar-refractivity contribution in [1.82, 2.24) is 15.0 Å². The number of anilines is 2. The minimum atomic E-state index is -1.50. The summed E-state index contributed by atoms with van der Waals surface area (Å²) in [6.45, 7) is 2.13. The number of benzene rings is 1. The summed E-state index contributed by atoms with van der Waals surface area (Å²) in [5.41, 5.74) is 16.1. The summed E-state index contributed by atoms with van der Waals surface area (Å²) in [4.78, 5) is 42.2. The van der Waals surface area contributed by atoms with Crippen LogP contribution >= 0.6 is 61.3 Å². The quantitative estimate of drug-likeness (QED) is 0.0618. The van der Waals surface area contributed by atoms with E-state index in [0.717, 1.165) is 39.1 Å². The number of carboxylic acids is 1. The smallest absolute Gasteiger partial charge is 0.341 e. The Labute approximate surface area is 351 Å². The molecule has 0 spiro atoms. The SMILES string of the molecule is CCCCS(=O)c1sc2nc(-c3nccs3)c(C(=O)OCCCCCS(=O)c3sc4nc(-c5cccs5)cc(C(=O)O)c4c3N)c(-c3ccc(Br)cc3)c2c1N. The number of hydrogen-bond donors (Lipinski definition) is 3. The third kappa shape index (κ3) is 8.23. The van der Waals surface area contributed by atoms with Gasteiger partial charge in [0.05, 0.1) is 66.7 Å². The van der Waals surface area contributed by atoms with E-state index in [2.05, 4.69) is 25.9 Å². The van der Waals surface area contributed by atoms with Gasteiger partial charge in [-0.1, -0.05) is 47.5 Å². The minimum absolute atomic E-state index is 0.0249. The van der Waals surface area contributed by atoms with Crippen LogP contribution in [0.3, 0.4) is 0 Å². The molecule has 0 fully saturated rings. The van der Waals surface area contributed by atoms with Gasteiger partial charge in [-0.15, -0.1) is 45.3 Å². The number of carboxylic acid groups (broad SMARTS) is 1. The molecule has 0 bridgehead atoms. The molecule has 11 nitrogen and oxygen atoms in total. The zero-order valence-electron chi connectivity index (χ0n) is 29.7. The topological polar surface area (TPSA) is 188 Å². The van der Waals surface area contributed by atoms with E-state index in [4.69, 9.17) is 21.2 Å². The van der Waals surface area contributed by atoms with E-state index in [9.17, 15) is 23.1 Å². The molecular formula is C38H34BrN5O6S6. The number of pyridine rings is 2. The highest BCUT2D eigenvalue weighted by Crippen LogP contribution is 2.46. The Bertz CT molecular complexity index is 2610. The van der Waals surface area contributed by atoms with Crippen molar-refractivity contribution in [2.24, 2.45) is 0 Å². The molecule has 0 saturated heterocycles. The first-order chi connectivity index (χ1) is 27.1. The van der Waals surface area contributed by atoms with Gasteiger partial charge in [0.2, 0.25) is 0 Å². The lowest BCUT2D eigenvalue weighted by Crippen LogP contribution is -2.12. The molecule has 0 radical (unpaired) electrons. The second-order valence-electron chi connectivity index (χ2n) is 12.5. The number of rotatable bonds is 16. The number of hydrogen-bond acceptors (Lipinski definition) is 14. The highest BCUT2D eigenvalue weighted by molar-refractivity contribution is 9.10. The number of nitrogens with two attached hydrogens (primary N) is 2. The van der Waals surface area contributed by atoms with Gasteiger partial charge in [-0.05, 0) is 60.9 Å². The molecule has 7 rings (SSSR count). The fourth-order valence-corrected chi connectivity index (χ4v) is 13.2. The number of ether oxygens (including phenoxy) is 1. The van der Waals surface area contributed by atoms with E-state index >= 15 is 0 Å². The van der Waals surface area contributed by atoms with Crippen molar-refractivity contribution in [1.29, 1.82) is 0 Å². The summed E-state index contributed by atoms with van der Waals surface area (Å²) in [6, 6.07) is 12.8. The first-order valence-electron chi connectivity index (χ1n) is 17.4. The largest absolute Gasteiger partial charge is 0.478 e. The van der Waals surface area contributed by atoms with Crippen LogP contribution in [0.2, 0.25) is 0 Å². The maximum Gasteiger partial charge on any atom is 0.341 e. The zero-order chi connectivity index (χ0) is 39.5. The summed E-state index contributed by atoms with van der Waals surface area (Å²) in [5, 5.41) is 15.0. The second-order valence-corrected chi connectivity index (χ2v) is 20.8. The highest BCUT2D eigenvalue weighted by Gasteiger charge is 2.30. The number of nitrogen functional groups attached to an aromatic ring is 2. The van der Waals surface area contributed by atoms with E-state index in [-0.39, 0.29) is 29.2 Å². The average Bonchev–Trinajstić information content (AvgIpc) is 4.02. The van der Waals surface area contributed by atoms with E-state index < -0.39 is 33.5 Å². The van der Waals surface area contributed by atoms with E-state index in [1.165, 1.54) is 40.1 Å². The zero-order valence-corrected chi connectivity index (χ0v) is 36.2. The lowest BCUT2D eigenvalue weighted by Gasteiger charge is -2.15. The van der Waals surface area contributed by atoms with Crippen molar-refractivity contribution >= 4 is 127 Å². The van der Waals surface area contributed by atoms with Crippen LogP contribution in [0.1, 0.15) is 59.7 Å². The maximum atomic E-state index is 14.2. The number of aromatic nitrogens is 3. The fraction of sp³-hybridized carbons (Fsp3) is 0.237. The van der Waals surface area contributed by atoms with Crippen LogP contribution in [-0.4, -0.2) is 58.5 Å². The van der Waals surface area contributed by atoms with Crippen LogP contribution in [0, 0.1) is 0 Å². The molecule has 0 aliphatic heterocycles. The molecule has 18 heteroatoms. The highest BCUT2D eigenvalue weighted by atomic mass is 79.9. The van der Waals surface area contributed by atoms with Crippen LogP contribution in [-0.2, 0) is 26.3 Å². The number of thiophene rings is 3. The molecular weight excluding hydrogens is 895 g/mol. The molecule has 6 aromatic heterocycles. The molecule has 1 aromatic carbocycles. The number of carbonyl (C=O) groups excluding carboxylic acids is 1. The Morgan fingerprint density at radius 3 is 2.21 bits per heavy atom. The first-order valence-corrected chi connectivity index (χ1v) is 24.2. The normalized spacial score (nSPS) is 12.7. The summed E-state index contributed by atoms with van der Waals surface area (Å²) in [7, 11) is -2.83.